The number of nitrogens with zero attached hydrogens (tertiary/aromatic N) is 2. The number of aromatic nitrogens is 3. The summed E-state index contributed by atoms with van der Waals surface area (Å²) in [5.74, 6) is 0.101. The number of hydrogen-bond donors (Lipinski definition) is 1. The summed E-state index contributed by atoms with van der Waals surface area (Å²) in [6, 6.07) is 1.71. The van der Waals surface area contributed by atoms with Crippen molar-refractivity contribution in [2.75, 3.05) is 13.2 Å². The molecule has 1 saturated carbocycles. The number of fused-ring (bicyclic) bond motifs is 1. The fourth-order valence-corrected chi connectivity index (χ4v) is 4.47. The Morgan fingerprint density at radius 2 is 2.26 bits per heavy atom. The molecule has 3 aromatic rings. The lowest BCUT2D eigenvalue weighted by atomic mass is 10.1. The molecule has 1 aliphatic carbocycles. The quantitative estimate of drug-likeness (QED) is 0.497. The van der Waals surface area contributed by atoms with Gasteiger partial charge in [-0.05, 0) is 26.2 Å². The molecule has 3 heterocycles. The molecule has 0 bridgehead atoms. The van der Waals surface area contributed by atoms with Crippen molar-refractivity contribution >= 4 is 40.1 Å². The fourth-order valence-electron chi connectivity index (χ4n) is 4.07. The van der Waals surface area contributed by atoms with Crippen LogP contribution in [-0.2, 0) is 14.3 Å². The van der Waals surface area contributed by atoms with Gasteiger partial charge in [-0.3, -0.25) is 4.79 Å². The summed E-state index contributed by atoms with van der Waals surface area (Å²) in [5, 5.41) is 6.14. The van der Waals surface area contributed by atoms with Gasteiger partial charge >= 0.3 is 5.97 Å². The minimum Gasteiger partial charge on any atom is -0.489 e. The molecule has 1 saturated heterocycles. The van der Waals surface area contributed by atoms with Gasteiger partial charge in [0.05, 0.1) is 39.7 Å². The first-order chi connectivity index (χ1) is 15.1. The predicted octanol–water partition coefficient (Wildman–Crippen LogP) is 5.37. The summed E-state index contributed by atoms with van der Waals surface area (Å²) in [7, 11) is 0. The molecule has 1 unspecified atom stereocenters. The van der Waals surface area contributed by atoms with Crippen molar-refractivity contribution in [1.82, 2.24) is 14.8 Å². The van der Waals surface area contributed by atoms with Crippen LogP contribution in [0.3, 0.4) is 0 Å². The van der Waals surface area contributed by atoms with Gasteiger partial charge in [-0.2, -0.15) is 5.10 Å². The number of esters is 1. The second-order valence-corrected chi connectivity index (χ2v) is 8.69. The van der Waals surface area contributed by atoms with E-state index in [1.165, 1.54) is 0 Å². The summed E-state index contributed by atoms with van der Waals surface area (Å²) < 4.78 is 19.0. The van der Waals surface area contributed by atoms with E-state index in [0.717, 1.165) is 42.4 Å². The van der Waals surface area contributed by atoms with Crippen molar-refractivity contribution in [3.05, 3.63) is 34.7 Å². The maximum absolute atomic E-state index is 12.0. The first-order valence-corrected chi connectivity index (χ1v) is 11.3. The van der Waals surface area contributed by atoms with E-state index in [4.69, 9.17) is 37.4 Å². The van der Waals surface area contributed by atoms with E-state index < -0.39 is 0 Å². The minimum atomic E-state index is -0.252. The number of halogens is 2. The highest BCUT2D eigenvalue weighted by atomic mass is 35.5. The number of rotatable bonds is 6. The molecular weight excluding hydrogens is 441 g/mol. The standard InChI is InChI=1S/C22H23Cl2N3O4/c1-2-29-22(28)13-7-16(13)31-17-8-15(23)20(24)21-19(17)14(10-25-21)12-9-26-27(11-12)18-5-3-4-6-30-18/h8-11,13,16,18,25H,2-7H2,1H3/t13-,16+,18?/m1/s1. The molecule has 2 fully saturated rings. The predicted molar refractivity (Wildman–Crippen MR) is 118 cm³/mol. The van der Waals surface area contributed by atoms with Crippen molar-refractivity contribution in [2.45, 2.75) is 44.9 Å². The number of nitrogens with one attached hydrogen (secondary N) is 1. The highest BCUT2D eigenvalue weighted by Gasteiger charge is 2.47. The monoisotopic (exact) mass is 463 g/mol. The number of benzene rings is 1. The molecule has 31 heavy (non-hydrogen) atoms. The molecular formula is C22H23Cl2N3O4. The maximum atomic E-state index is 12.0. The summed E-state index contributed by atoms with van der Waals surface area (Å²) in [6.07, 6.45) is 9.16. The van der Waals surface area contributed by atoms with Crippen LogP contribution >= 0.6 is 23.2 Å². The Hall–Kier alpha value is -2.22. The van der Waals surface area contributed by atoms with Crippen LogP contribution in [0, 0.1) is 5.92 Å². The van der Waals surface area contributed by atoms with Gasteiger partial charge in [0.25, 0.3) is 0 Å². The molecule has 2 aliphatic rings. The third-order valence-corrected chi connectivity index (χ3v) is 6.56. The second kappa shape index (κ2) is 8.37. The number of aromatic amines is 1. The van der Waals surface area contributed by atoms with Crippen LogP contribution in [0.1, 0.15) is 38.8 Å². The van der Waals surface area contributed by atoms with Crippen LogP contribution in [0.4, 0.5) is 0 Å². The molecule has 0 radical (unpaired) electrons. The molecule has 164 valence electrons. The highest BCUT2D eigenvalue weighted by Crippen LogP contribution is 2.45. The normalized spacial score (nSPS) is 23.1. The summed E-state index contributed by atoms with van der Waals surface area (Å²) in [5.41, 5.74) is 2.51. The number of carbonyl (C=O) groups excluding carboxylic acids is 1. The van der Waals surface area contributed by atoms with Gasteiger partial charge in [-0.15, -0.1) is 0 Å². The molecule has 0 amide bonds. The number of ether oxygens (including phenoxy) is 3. The zero-order chi connectivity index (χ0) is 21.5. The summed E-state index contributed by atoms with van der Waals surface area (Å²) >= 11 is 12.8. The van der Waals surface area contributed by atoms with Gasteiger partial charge in [0.1, 0.15) is 18.1 Å². The van der Waals surface area contributed by atoms with Gasteiger partial charge in [-0.1, -0.05) is 23.2 Å². The average molecular weight is 464 g/mol. The van der Waals surface area contributed by atoms with Crippen LogP contribution in [-0.4, -0.2) is 40.1 Å². The zero-order valence-corrected chi connectivity index (χ0v) is 18.6. The molecule has 9 heteroatoms. The zero-order valence-electron chi connectivity index (χ0n) is 17.1. The van der Waals surface area contributed by atoms with Crippen molar-refractivity contribution in [3.63, 3.8) is 0 Å². The number of carbonyl (C=O) groups is 1. The van der Waals surface area contributed by atoms with Crippen molar-refractivity contribution in [1.29, 1.82) is 0 Å². The topological polar surface area (TPSA) is 78.4 Å². The molecule has 3 atom stereocenters. The largest absolute Gasteiger partial charge is 0.489 e. The lowest BCUT2D eigenvalue weighted by Gasteiger charge is -2.22. The van der Waals surface area contributed by atoms with E-state index in [-0.39, 0.29) is 24.2 Å². The smallest absolute Gasteiger partial charge is 0.312 e. The molecule has 5 rings (SSSR count). The van der Waals surface area contributed by atoms with Crippen molar-refractivity contribution < 1.29 is 19.0 Å². The Labute approximate surface area is 189 Å². The van der Waals surface area contributed by atoms with E-state index >= 15 is 0 Å². The lowest BCUT2D eigenvalue weighted by Crippen LogP contribution is -2.18. The van der Waals surface area contributed by atoms with Crippen molar-refractivity contribution in [2.24, 2.45) is 5.92 Å². The Morgan fingerprint density at radius 1 is 1.39 bits per heavy atom. The summed E-state index contributed by atoms with van der Waals surface area (Å²) in [4.78, 5) is 15.2. The van der Waals surface area contributed by atoms with E-state index in [0.29, 0.717) is 34.3 Å². The molecule has 1 aliphatic heterocycles. The van der Waals surface area contributed by atoms with Crippen LogP contribution in [0.15, 0.2) is 24.7 Å². The van der Waals surface area contributed by atoms with E-state index in [9.17, 15) is 4.79 Å². The van der Waals surface area contributed by atoms with Crippen LogP contribution in [0.25, 0.3) is 22.0 Å². The van der Waals surface area contributed by atoms with Gasteiger partial charge in [0.15, 0.2) is 0 Å². The first-order valence-electron chi connectivity index (χ1n) is 10.5. The van der Waals surface area contributed by atoms with Gasteiger partial charge in [0, 0.05) is 42.6 Å². The van der Waals surface area contributed by atoms with Crippen LogP contribution < -0.4 is 4.74 Å². The summed E-state index contributed by atoms with van der Waals surface area (Å²) in [6.45, 7) is 2.90. The Balaban J connectivity index is 1.48. The molecule has 7 nitrogen and oxygen atoms in total. The highest BCUT2D eigenvalue weighted by molar-refractivity contribution is 6.45. The molecule has 1 aromatic carbocycles. The van der Waals surface area contributed by atoms with E-state index in [1.54, 1.807) is 13.0 Å². The minimum absolute atomic E-state index is 0.0433. The van der Waals surface area contributed by atoms with Crippen LogP contribution in [0.2, 0.25) is 10.0 Å². The van der Waals surface area contributed by atoms with E-state index in [1.807, 2.05) is 23.3 Å². The third kappa shape index (κ3) is 3.90. The Morgan fingerprint density at radius 3 is 3.03 bits per heavy atom. The van der Waals surface area contributed by atoms with Crippen LogP contribution in [0.5, 0.6) is 5.75 Å². The SMILES string of the molecule is CCOC(=O)[C@@H]1C[C@@H]1Oc1cc(Cl)c(Cl)c2[nH]cc(-c3cnn(C4CCCCO4)c3)c12. The fraction of sp³-hybridized carbons (Fsp3) is 0.455. The first kappa shape index (κ1) is 20.7. The van der Waals surface area contributed by atoms with Gasteiger partial charge in [-0.25, -0.2) is 4.68 Å². The molecule has 1 N–H and O–H groups in total. The second-order valence-electron chi connectivity index (χ2n) is 7.90. The van der Waals surface area contributed by atoms with E-state index in [2.05, 4.69) is 10.1 Å². The Bertz CT molecular complexity index is 1120. The molecule has 2 aromatic heterocycles. The maximum Gasteiger partial charge on any atom is 0.312 e. The molecule has 0 spiro atoms. The van der Waals surface area contributed by atoms with Gasteiger partial charge < -0.3 is 19.2 Å². The van der Waals surface area contributed by atoms with Gasteiger partial charge in [0.2, 0.25) is 0 Å². The van der Waals surface area contributed by atoms with Crippen molar-refractivity contribution in [3.8, 4) is 16.9 Å². The number of H-pyrrole nitrogens is 1. The Kier molecular flexibility index (Phi) is 5.58. The average Bonchev–Trinajstić information content (AvgIpc) is 3.17. The third-order valence-electron chi connectivity index (χ3n) is 5.78. The number of hydrogen-bond acceptors (Lipinski definition) is 5. The lowest BCUT2D eigenvalue weighted by molar-refractivity contribution is -0.145.